The fraction of sp³-hybridized carbons (Fsp3) is 0.440. The molecule has 1 aliphatic heterocycles. The highest BCUT2D eigenvalue weighted by atomic mass is 16.5. The van der Waals surface area contributed by atoms with Crippen LogP contribution in [0.3, 0.4) is 0 Å². The molecule has 0 aliphatic carbocycles. The van der Waals surface area contributed by atoms with Crippen LogP contribution < -0.4 is 14.8 Å². The number of ether oxygens (including phenoxy) is 2. The molecule has 0 bridgehead atoms. The predicted molar refractivity (Wildman–Crippen MR) is 124 cm³/mol. The maximum atomic E-state index is 12.6. The zero-order chi connectivity index (χ0) is 22.9. The molecule has 2 amide bonds. The number of hydrogen-bond donors (Lipinski definition) is 1. The molecule has 172 valence electrons. The minimum Gasteiger partial charge on any atom is -0.490 e. The second-order valence-corrected chi connectivity index (χ2v) is 7.86. The standard InChI is InChI=1S/C25H33N3O4/c1-4-31-22-10-9-21(16-23(22)32-5-2)25(30)26-17-24(29)28-13-11-27(12-14-28)18-20-8-6-7-19(3)15-20/h6-10,15-16H,4-5,11-14,17-18H2,1-3H3,(H,26,30). The van der Waals surface area contributed by atoms with Gasteiger partial charge in [0.15, 0.2) is 11.5 Å². The van der Waals surface area contributed by atoms with E-state index in [2.05, 4.69) is 41.4 Å². The van der Waals surface area contributed by atoms with E-state index in [1.54, 1.807) is 18.2 Å². The first-order chi connectivity index (χ1) is 15.5. The number of nitrogens with one attached hydrogen (secondary N) is 1. The average molecular weight is 440 g/mol. The molecule has 2 aromatic carbocycles. The van der Waals surface area contributed by atoms with E-state index in [-0.39, 0.29) is 18.4 Å². The van der Waals surface area contributed by atoms with Crippen LogP contribution in [0, 0.1) is 6.92 Å². The summed E-state index contributed by atoms with van der Waals surface area (Å²) in [7, 11) is 0. The van der Waals surface area contributed by atoms with Crippen LogP contribution in [-0.4, -0.2) is 67.6 Å². The summed E-state index contributed by atoms with van der Waals surface area (Å²) >= 11 is 0. The number of aryl methyl sites for hydroxylation is 1. The number of nitrogens with zero attached hydrogens (tertiary/aromatic N) is 2. The molecule has 3 rings (SSSR count). The first-order valence-corrected chi connectivity index (χ1v) is 11.2. The summed E-state index contributed by atoms with van der Waals surface area (Å²) in [5.41, 5.74) is 2.99. The molecular formula is C25H33N3O4. The zero-order valence-electron chi connectivity index (χ0n) is 19.2. The first kappa shape index (κ1) is 23.6. The lowest BCUT2D eigenvalue weighted by atomic mass is 10.1. The third-order valence-corrected chi connectivity index (χ3v) is 5.42. The number of carbonyl (C=O) groups excluding carboxylic acids is 2. The van der Waals surface area contributed by atoms with Crippen LogP contribution in [0.25, 0.3) is 0 Å². The molecule has 7 heteroatoms. The van der Waals surface area contributed by atoms with Crippen molar-refractivity contribution in [3.63, 3.8) is 0 Å². The van der Waals surface area contributed by atoms with Gasteiger partial charge in [-0.15, -0.1) is 0 Å². The average Bonchev–Trinajstić information content (AvgIpc) is 2.79. The normalized spacial score (nSPS) is 14.2. The molecular weight excluding hydrogens is 406 g/mol. The molecule has 7 nitrogen and oxygen atoms in total. The van der Waals surface area contributed by atoms with Gasteiger partial charge in [0.2, 0.25) is 5.91 Å². The molecule has 1 saturated heterocycles. The Hall–Kier alpha value is -3.06. The van der Waals surface area contributed by atoms with Gasteiger partial charge in [0.25, 0.3) is 5.91 Å². The fourth-order valence-corrected chi connectivity index (χ4v) is 3.79. The lowest BCUT2D eigenvalue weighted by Gasteiger charge is -2.34. The highest BCUT2D eigenvalue weighted by Gasteiger charge is 2.22. The Morgan fingerprint density at radius 2 is 1.66 bits per heavy atom. The number of carbonyl (C=O) groups is 2. The van der Waals surface area contributed by atoms with Crippen molar-refractivity contribution in [3.8, 4) is 11.5 Å². The third-order valence-electron chi connectivity index (χ3n) is 5.42. The summed E-state index contributed by atoms with van der Waals surface area (Å²) in [6.45, 7) is 10.7. The van der Waals surface area contributed by atoms with Crippen molar-refractivity contribution >= 4 is 11.8 Å². The van der Waals surface area contributed by atoms with Gasteiger partial charge in [-0.25, -0.2) is 0 Å². The van der Waals surface area contributed by atoms with Crippen LogP contribution in [-0.2, 0) is 11.3 Å². The Balaban J connectivity index is 1.47. The van der Waals surface area contributed by atoms with Gasteiger partial charge >= 0.3 is 0 Å². The summed E-state index contributed by atoms with van der Waals surface area (Å²) in [5, 5.41) is 2.73. The van der Waals surface area contributed by atoms with Crippen LogP contribution >= 0.6 is 0 Å². The molecule has 0 radical (unpaired) electrons. The third kappa shape index (κ3) is 6.47. The van der Waals surface area contributed by atoms with Gasteiger partial charge in [-0.1, -0.05) is 29.8 Å². The molecule has 32 heavy (non-hydrogen) atoms. The van der Waals surface area contributed by atoms with Crippen LogP contribution in [0.4, 0.5) is 0 Å². The van der Waals surface area contributed by atoms with E-state index in [1.165, 1.54) is 11.1 Å². The topological polar surface area (TPSA) is 71.1 Å². The van der Waals surface area contributed by atoms with Crippen LogP contribution in [0.2, 0.25) is 0 Å². The van der Waals surface area contributed by atoms with E-state index in [4.69, 9.17) is 9.47 Å². The molecule has 0 unspecified atom stereocenters. The number of amides is 2. The largest absolute Gasteiger partial charge is 0.490 e. The molecule has 1 fully saturated rings. The second-order valence-electron chi connectivity index (χ2n) is 7.86. The van der Waals surface area contributed by atoms with Gasteiger partial charge < -0.3 is 19.7 Å². The van der Waals surface area contributed by atoms with Crippen molar-refractivity contribution in [3.05, 3.63) is 59.2 Å². The van der Waals surface area contributed by atoms with Gasteiger partial charge in [0.05, 0.1) is 19.8 Å². The Bertz CT molecular complexity index is 923. The van der Waals surface area contributed by atoms with Gasteiger partial charge in [-0.05, 0) is 44.5 Å². The quantitative estimate of drug-likeness (QED) is 0.651. The molecule has 0 saturated carbocycles. The molecule has 2 aromatic rings. The lowest BCUT2D eigenvalue weighted by molar-refractivity contribution is -0.131. The number of hydrogen-bond acceptors (Lipinski definition) is 5. The van der Waals surface area contributed by atoms with E-state index >= 15 is 0 Å². The molecule has 0 spiro atoms. The Labute approximate surface area is 190 Å². The highest BCUT2D eigenvalue weighted by molar-refractivity contribution is 5.97. The predicted octanol–water partition coefficient (Wildman–Crippen LogP) is 2.87. The Kier molecular flexibility index (Phi) is 8.50. The summed E-state index contributed by atoms with van der Waals surface area (Å²) in [4.78, 5) is 29.3. The van der Waals surface area contributed by atoms with Crippen molar-refractivity contribution in [2.24, 2.45) is 0 Å². The molecule has 0 atom stereocenters. The van der Waals surface area contributed by atoms with Crippen molar-refractivity contribution < 1.29 is 19.1 Å². The van der Waals surface area contributed by atoms with Gasteiger partial charge in [-0.3, -0.25) is 14.5 Å². The maximum absolute atomic E-state index is 12.6. The Morgan fingerprint density at radius 3 is 2.34 bits per heavy atom. The fourth-order valence-electron chi connectivity index (χ4n) is 3.79. The lowest BCUT2D eigenvalue weighted by Crippen LogP contribution is -2.50. The van der Waals surface area contributed by atoms with E-state index in [9.17, 15) is 9.59 Å². The summed E-state index contributed by atoms with van der Waals surface area (Å²) in [6, 6.07) is 13.6. The minimum atomic E-state index is -0.305. The van der Waals surface area contributed by atoms with Crippen molar-refractivity contribution in [1.82, 2.24) is 15.1 Å². The van der Waals surface area contributed by atoms with E-state index in [1.807, 2.05) is 18.7 Å². The second kappa shape index (κ2) is 11.5. The number of piperazine rings is 1. The minimum absolute atomic E-state index is 0.0199. The SMILES string of the molecule is CCOc1ccc(C(=O)NCC(=O)N2CCN(Cc3cccc(C)c3)CC2)cc1OCC. The van der Waals surface area contributed by atoms with E-state index in [0.717, 1.165) is 19.6 Å². The van der Waals surface area contributed by atoms with Crippen LogP contribution in [0.15, 0.2) is 42.5 Å². The van der Waals surface area contributed by atoms with Crippen molar-refractivity contribution in [2.45, 2.75) is 27.3 Å². The van der Waals surface area contributed by atoms with Gasteiger partial charge in [0.1, 0.15) is 0 Å². The van der Waals surface area contributed by atoms with E-state index in [0.29, 0.717) is 43.4 Å². The van der Waals surface area contributed by atoms with Crippen LogP contribution in [0.5, 0.6) is 11.5 Å². The summed E-state index contributed by atoms with van der Waals surface area (Å²) in [5.74, 6) is 0.758. The van der Waals surface area contributed by atoms with Crippen molar-refractivity contribution in [1.29, 1.82) is 0 Å². The van der Waals surface area contributed by atoms with E-state index < -0.39 is 0 Å². The number of rotatable bonds is 9. The summed E-state index contributed by atoms with van der Waals surface area (Å²) < 4.78 is 11.1. The molecule has 1 N–H and O–H groups in total. The van der Waals surface area contributed by atoms with Gasteiger partial charge in [-0.2, -0.15) is 0 Å². The maximum Gasteiger partial charge on any atom is 0.251 e. The summed E-state index contributed by atoms with van der Waals surface area (Å²) in [6.07, 6.45) is 0. The highest BCUT2D eigenvalue weighted by Crippen LogP contribution is 2.28. The molecule has 1 aliphatic rings. The molecule has 1 heterocycles. The van der Waals surface area contributed by atoms with Gasteiger partial charge in [0, 0.05) is 38.3 Å². The number of benzene rings is 2. The van der Waals surface area contributed by atoms with Crippen LogP contribution in [0.1, 0.15) is 35.3 Å². The Morgan fingerprint density at radius 1 is 0.938 bits per heavy atom. The van der Waals surface area contributed by atoms with Crippen molar-refractivity contribution in [2.75, 3.05) is 45.9 Å². The first-order valence-electron chi connectivity index (χ1n) is 11.2. The molecule has 0 aromatic heterocycles. The monoisotopic (exact) mass is 439 g/mol. The smallest absolute Gasteiger partial charge is 0.251 e. The zero-order valence-corrected chi connectivity index (χ0v) is 19.2.